The summed E-state index contributed by atoms with van der Waals surface area (Å²) in [4.78, 5) is 12.3. The number of carbonyl (C=O) groups is 1. The monoisotopic (exact) mass is 380 g/mol. The van der Waals surface area contributed by atoms with Gasteiger partial charge < -0.3 is 10.1 Å². The van der Waals surface area contributed by atoms with Crippen molar-refractivity contribution >= 4 is 39.1 Å². The molecule has 1 aromatic rings. The quantitative estimate of drug-likeness (QED) is 0.841. The number of hydrogen-bond donors (Lipinski definition) is 1. The Hall–Kier alpha value is -0.860. The minimum Gasteiger partial charge on any atom is -0.379 e. The lowest BCUT2D eigenvalue weighted by Crippen LogP contribution is -2.43. The van der Waals surface area contributed by atoms with Crippen molar-refractivity contribution in [2.24, 2.45) is 5.92 Å². The van der Waals surface area contributed by atoms with Gasteiger partial charge in [-0.25, -0.2) is 12.7 Å². The molecule has 2 rings (SSSR count). The van der Waals surface area contributed by atoms with Gasteiger partial charge in [0.1, 0.15) is 0 Å². The molecule has 0 spiro atoms. The molecule has 1 aliphatic rings. The molecule has 1 aromatic carbocycles. The van der Waals surface area contributed by atoms with Crippen LogP contribution in [0.1, 0.15) is 10.4 Å². The van der Waals surface area contributed by atoms with Crippen LogP contribution in [-0.4, -0.2) is 57.7 Å². The van der Waals surface area contributed by atoms with Gasteiger partial charge in [-0.05, 0) is 12.1 Å². The molecule has 1 heterocycles. The molecule has 1 amide bonds. The smallest absolute Gasteiger partial charge is 0.253 e. The minimum atomic E-state index is -3.37. The molecule has 0 unspecified atom stereocenters. The Bertz CT molecular complexity index is 694. The van der Waals surface area contributed by atoms with Gasteiger partial charge in [-0.2, -0.15) is 0 Å². The second kappa shape index (κ2) is 7.36. The van der Waals surface area contributed by atoms with Gasteiger partial charge in [-0.1, -0.05) is 29.3 Å². The Morgan fingerprint density at radius 1 is 1.35 bits per heavy atom. The number of ether oxygens (including phenoxy) is 1. The zero-order valence-corrected chi connectivity index (χ0v) is 15.1. The molecule has 0 radical (unpaired) electrons. The van der Waals surface area contributed by atoms with Crippen molar-refractivity contribution < 1.29 is 17.9 Å². The molecule has 128 valence electrons. The SMILES string of the molecule is CN(C)S(=O)(=O)C[C@@H]1COC[C@H]1NC(=O)c1cccc(Cl)c1Cl. The van der Waals surface area contributed by atoms with E-state index in [0.29, 0.717) is 0 Å². The zero-order chi connectivity index (χ0) is 17.2. The highest BCUT2D eigenvalue weighted by Gasteiger charge is 2.34. The van der Waals surface area contributed by atoms with Crippen molar-refractivity contribution in [3.8, 4) is 0 Å². The van der Waals surface area contributed by atoms with E-state index in [-0.39, 0.29) is 40.5 Å². The number of sulfonamides is 1. The molecule has 6 nitrogen and oxygen atoms in total. The van der Waals surface area contributed by atoms with Gasteiger partial charge in [0, 0.05) is 20.0 Å². The summed E-state index contributed by atoms with van der Waals surface area (Å²) in [7, 11) is -0.422. The number of rotatable bonds is 5. The van der Waals surface area contributed by atoms with Crippen LogP contribution in [0.2, 0.25) is 10.0 Å². The molecule has 0 aromatic heterocycles. The topological polar surface area (TPSA) is 75.7 Å². The average molecular weight is 381 g/mol. The van der Waals surface area contributed by atoms with Crippen LogP contribution in [0.4, 0.5) is 0 Å². The van der Waals surface area contributed by atoms with Gasteiger partial charge in [0.25, 0.3) is 5.91 Å². The van der Waals surface area contributed by atoms with Crippen LogP contribution in [0, 0.1) is 5.92 Å². The maximum atomic E-state index is 12.3. The van der Waals surface area contributed by atoms with E-state index in [0.717, 1.165) is 4.31 Å². The molecule has 1 aliphatic heterocycles. The number of benzene rings is 1. The van der Waals surface area contributed by atoms with Crippen molar-refractivity contribution in [1.29, 1.82) is 0 Å². The molecular formula is C14H18Cl2N2O4S. The summed E-state index contributed by atoms with van der Waals surface area (Å²) >= 11 is 11.9. The molecule has 1 N–H and O–H groups in total. The van der Waals surface area contributed by atoms with Crippen molar-refractivity contribution in [3.05, 3.63) is 33.8 Å². The van der Waals surface area contributed by atoms with Crippen molar-refractivity contribution in [3.63, 3.8) is 0 Å². The molecule has 9 heteroatoms. The Morgan fingerprint density at radius 2 is 2.04 bits per heavy atom. The molecule has 23 heavy (non-hydrogen) atoms. The van der Waals surface area contributed by atoms with Gasteiger partial charge in [0.15, 0.2) is 0 Å². The summed E-state index contributed by atoms with van der Waals surface area (Å²) in [6, 6.07) is 4.38. The highest BCUT2D eigenvalue weighted by Crippen LogP contribution is 2.26. The first kappa shape index (κ1) is 18.5. The largest absolute Gasteiger partial charge is 0.379 e. The summed E-state index contributed by atoms with van der Waals surface area (Å²) in [5.41, 5.74) is 0.250. The van der Waals surface area contributed by atoms with Crippen molar-refractivity contribution in [1.82, 2.24) is 9.62 Å². The number of amides is 1. The predicted octanol–water partition coefficient (Wildman–Crippen LogP) is 1.63. The Morgan fingerprint density at radius 3 is 2.70 bits per heavy atom. The Kier molecular flexibility index (Phi) is 5.91. The van der Waals surface area contributed by atoms with E-state index in [1.165, 1.54) is 14.1 Å². The number of carbonyl (C=O) groups excluding carboxylic acids is 1. The third kappa shape index (κ3) is 4.36. The number of halogens is 2. The second-order valence-electron chi connectivity index (χ2n) is 5.54. The molecule has 0 aliphatic carbocycles. The van der Waals surface area contributed by atoms with E-state index in [2.05, 4.69) is 5.32 Å². The highest BCUT2D eigenvalue weighted by molar-refractivity contribution is 7.89. The summed E-state index contributed by atoms with van der Waals surface area (Å²) in [6.07, 6.45) is 0. The molecule has 1 fully saturated rings. The third-order valence-electron chi connectivity index (χ3n) is 3.69. The standard InChI is InChI=1S/C14H18Cl2N2O4S/c1-18(2)23(20,21)8-9-6-22-7-12(9)17-14(19)10-4-3-5-11(15)13(10)16/h3-5,9,12H,6-8H2,1-2H3,(H,17,19)/t9-,12+/m0/s1. The van der Waals surface area contributed by atoms with E-state index in [1.807, 2.05) is 0 Å². The molecule has 2 atom stereocenters. The van der Waals surface area contributed by atoms with Crippen LogP contribution in [0.5, 0.6) is 0 Å². The van der Waals surface area contributed by atoms with Crippen molar-refractivity contribution in [2.45, 2.75) is 6.04 Å². The third-order valence-corrected chi connectivity index (χ3v) is 6.47. The van der Waals surface area contributed by atoms with E-state index in [4.69, 9.17) is 27.9 Å². The number of nitrogens with zero attached hydrogens (tertiary/aromatic N) is 1. The normalized spacial score (nSPS) is 21.6. The highest BCUT2D eigenvalue weighted by atomic mass is 35.5. The van der Waals surface area contributed by atoms with E-state index in [1.54, 1.807) is 18.2 Å². The van der Waals surface area contributed by atoms with E-state index < -0.39 is 22.0 Å². The minimum absolute atomic E-state index is 0.0891. The Balaban J connectivity index is 2.09. The first-order valence-electron chi connectivity index (χ1n) is 6.95. The van der Waals surface area contributed by atoms with Crippen LogP contribution in [0.15, 0.2) is 18.2 Å². The van der Waals surface area contributed by atoms with Crippen LogP contribution < -0.4 is 5.32 Å². The maximum absolute atomic E-state index is 12.3. The summed E-state index contributed by atoms with van der Waals surface area (Å²) in [6.45, 7) is 0.541. The summed E-state index contributed by atoms with van der Waals surface area (Å²) in [5, 5.41) is 3.24. The van der Waals surface area contributed by atoms with Gasteiger partial charge in [-0.3, -0.25) is 4.79 Å². The number of hydrogen-bond acceptors (Lipinski definition) is 4. The van der Waals surface area contributed by atoms with Gasteiger partial charge in [0.05, 0.1) is 40.6 Å². The lowest BCUT2D eigenvalue weighted by molar-refractivity contribution is 0.0926. The van der Waals surface area contributed by atoms with Gasteiger partial charge >= 0.3 is 0 Å². The van der Waals surface area contributed by atoms with Crippen LogP contribution in [0.3, 0.4) is 0 Å². The lowest BCUT2D eigenvalue weighted by atomic mass is 10.1. The van der Waals surface area contributed by atoms with Crippen LogP contribution >= 0.6 is 23.2 Å². The zero-order valence-electron chi connectivity index (χ0n) is 12.8. The van der Waals surface area contributed by atoms with E-state index >= 15 is 0 Å². The number of nitrogens with one attached hydrogen (secondary N) is 1. The van der Waals surface area contributed by atoms with Crippen LogP contribution in [0.25, 0.3) is 0 Å². The second-order valence-corrected chi connectivity index (χ2v) is 8.55. The fourth-order valence-electron chi connectivity index (χ4n) is 2.27. The van der Waals surface area contributed by atoms with Crippen molar-refractivity contribution in [2.75, 3.05) is 33.1 Å². The van der Waals surface area contributed by atoms with Gasteiger partial charge in [-0.15, -0.1) is 0 Å². The lowest BCUT2D eigenvalue weighted by Gasteiger charge is -2.21. The first-order chi connectivity index (χ1) is 10.7. The molecule has 0 saturated carbocycles. The maximum Gasteiger partial charge on any atom is 0.253 e. The van der Waals surface area contributed by atoms with Crippen LogP contribution in [-0.2, 0) is 14.8 Å². The Labute approximate surface area is 145 Å². The van der Waals surface area contributed by atoms with E-state index in [9.17, 15) is 13.2 Å². The summed E-state index contributed by atoms with van der Waals surface area (Å²) < 4.78 is 30.5. The summed E-state index contributed by atoms with van der Waals surface area (Å²) in [5.74, 6) is -0.807. The average Bonchev–Trinajstić information content (AvgIpc) is 2.88. The first-order valence-corrected chi connectivity index (χ1v) is 9.31. The van der Waals surface area contributed by atoms with Gasteiger partial charge in [0.2, 0.25) is 10.0 Å². The predicted molar refractivity (Wildman–Crippen MR) is 89.5 cm³/mol. The molecule has 1 saturated heterocycles. The fraction of sp³-hybridized carbons (Fsp3) is 0.500. The molecule has 0 bridgehead atoms. The molecular weight excluding hydrogens is 363 g/mol. The fourth-order valence-corrected chi connectivity index (χ4v) is 3.82.